The molecule has 1 aliphatic heterocycles. The summed E-state index contributed by atoms with van der Waals surface area (Å²) in [6.45, 7) is 2.08. The third kappa shape index (κ3) is 3.63. The van der Waals surface area contributed by atoms with Crippen molar-refractivity contribution in [3.05, 3.63) is 65.1 Å². The van der Waals surface area contributed by atoms with Crippen LogP contribution in [-0.2, 0) is 0 Å². The van der Waals surface area contributed by atoms with Gasteiger partial charge in [0.25, 0.3) is 5.91 Å². The summed E-state index contributed by atoms with van der Waals surface area (Å²) in [5.74, 6) is 1.38. The molecule has 27 heavy (non-hydrogen) atoms. The van der Waals surface area contributed by atoms with Gasteiger partial charge in [0.05, 0.1) is 0 Å². The second kappa shape index (κ2) is 7.13. The summed E-state index contributed by atoms with van der Waals surface area (Å²) in [5.41, 5.74) is 2.51. The van der Waals surface area contributed by atoms with Gasteiger partial charge in [-0.05, 0) is 36.8 Å². The second-order valence-corrected chi connectivity index (χ2v) is 6.26. The van der Waals surface area contributed by atoms with Crippen LogP contribution in [0.5, 0.6) is 11.5 Å². The topological polar surface area (TPSA) is 85.4 Å². The van der Waals surface area contributed by atoms with Crippen LogP contribution in [0.15, 0.2) is 48.8 Å². The lowest BCUT2D eigenvalue weighted by Crippen LogP contribution is -2.14. The zero-order valence-corrected chi connectivity index (χ0v) is 15.1. The van der Waals surface area contributed by atoms with Gasteiger partial charge in [-0.25, -0.2) is 9.97 Å². The zero-order valence-electron chi connectivity index (χ0n) is 14.3. The molecule has 3 aromatic rings. The van der Waals surface area contributed by atoms with Crippen molar-refractivity contribution >= 4 is 34.7 Å². The van der Waals surface area contributed by atoms with Gasteiger partial charge in [-0.1, -0.05) is 17.7 Å². The van der Waals surface area contributed by atoms with E-state index in [1.807, 2.05) is 25.1 Å². The molecule has 1 amide bonds. The number of aromatic nitrogens is 2. The molecule has 1 aliphatic rings. The molecule has 0 fully saturated rings. The Morgan fingerprint density at radius 3 is 2.85 bits per heavy atom. The molecule has 0 atom stereocenters. The first-order chi connectivity index (χ1) is 13.1. The van der Waals surface area contributed by atoms with Gasteiger partial charge >= 0.3 is 0 Å². The maximum Gasteiger partial charge on any atom is 0.274 e. The van der Waals surface area contributed by atoms with Crippen LogP contribution < -0.4 is 20.1 Å². The van der Waals surface area contributed by atoms with Crippen molar-refractivity contribution in [2.45, 2.75) is 6.92 Å². The average molecular weight is 383 g/mol. The average Bonchev–Trinajstić information content (AvgIpc) is 3.13. The number of nitrogens with zero attached hydrogens (tertiary/aromatic N) is 2. The molecular weight excluding hydrogens is 368 g/mol. The highest BCUT2D eigenvalue weighted by molar-refractivity contribution is 6.31. The summed E-state index contributed by atoms with van der Waals surface area (Å²) in [5, 5.41) is 6.59. The minimum Gasteiger partial charge on any atom is -0.454 e. The molecule has 7 nitrogen and oxygen atoms in total. The van der Waals surface area contributed by atoms with E-state index >= 15 is 0 Å². The van der Waals surface area contributed by atoms with Crippen LogP contribution in [0, 0.1) is 6.92 Å². The molecule has 1 aromatic heterocycles. The number of hydrogen-bond acceptors (Lipinski definition) is 6. The van der Waals surface area contributed by atoms with Crippen LogP contribution in [0.2, 0.25) is 5.02 Å². The van der Waals surface area contributed by atoms with Crippen molar-refractivity contribution in [3.63, 3.8) is 0 Å². The predicted octanol–water partition coefficient (Wildman–Crippen LogP) is 4.16. The first-order valence-corrected chi connectivity index (χ1v) is 8.53. The maximum absolute atomic E-state index is 12.5. The zero-order chi connectivity index (χ0) is 18.8. The Morgan fingerprint density at radius 2 is 1.96 bits per heavy atom. The lowest BCUT2D eigenvalue weighted by molar-refractivity contribution is 0.102. The fourth-order valence-electron chi connectivity index (χ4n) is 2.60. The van der Waals surface area contributed by atoms with Crippen molar-refractivity contribution < 1.29 is 14.3 Å². The Hall–Kier alpha value is -3.32. The summed E-state index contributed by atoms with van der Waals surface area (Å²) in [6.07, 6.45) is 1.33. The normalized spacial score (nSPS) is 11.9. The van der Waals surface area contributed by atoms with E-state index in [9.17, 15) is 4.79 Å². The Bertz CT molecular complexity index is 1030. The maximum atomic E-state index is 12.5. The molecule has 4 rings (SSSR count). The van der Waals surface area contributed by atoms with Crippen molar-refractivity contribution in [1.82, 2.24) is 9.97 Å². The van der Waals surface area contributed by atoms with E-state index in [-0.39, 0.29) is 18.4 Å². The van der Waals surface area contributed by atoms with Gasteiger partial charge in [0.1, 0.15) is 17.8 Å². The summed E-state index contributed by atoms with van der Waals surface area (Å²) < 4.78 is 10.6. The van der Waals surface area contributed by atoms with Gasteiger partial charge in [-0.3, -0.25) is 4.79 Å². The number of amides is 1. The van der Waals surface area contributed by atoms with Crippen LogP contribution >= 0.6 is 11.6 Å². The Morgan fingerprint density at radius 1 is 1.11 bits per heavy atom. The number of benzene rings is 2. The SMILES string of the molecule is Cc1c(Cl)cccc1Nc1cc(C(=O)Nc2ccc3c(c2)OCO3)ncn1. The van der Waals surface area contributed by atoms with Crippen molar-refractivity contribution in [2.24, 2.45) is 0 Å². The molecule has 0 radical (unpaired) electrons. The van der Waals surface area contributed by atoms with E-state index in [4.69, 9.17) is 21.1 Å². The fourth-order valence-corrected chi connectivity index (χ4v) is 2.77. The van der Waals surface area contributed by atoms with Crippen molar-refractivity contribution in [2.75, 3.05) is 17.4 Å². The summed E-state index contributed by atoms with van der Waals surface area (Å²) >= 11 is 6.14. The molecule has 136 valence electrons. The quantitative estimate of drug-likeness (QED) is 0.704. The van der Waals surface area contributed by atoms with Gasteiger partial charge in [0.2, 0.25) is 6.79 Å². The van der Waals surface area contributed by atoms with Crippen LogP contribution in [0.4, 0.5) is 17.2 Å². The summed E-state index contributed by atoms with van der Waals surface area (Å²) in [7, 11) is 0. The number of ether oxygens (including phenoxy) is 2. The number of fused-ring (bicyclic) bond motifs is 1. The van der Waals surface area contributed by atoms with E-state index in [0.717, 1.165) is 11.3 Å². The molecular formula is C19H15ClN4O3. The van der Waals surface area contributed by atoms with Gasteiger partial charge in [-0.2, -0.15) is 0 Å². The predicted molar refractivity (Wildman–Crippen MR) is 102 cm³/mol. The molecule has 0 spiro atoms. The fraction of sp³-hybridized carbons (Fsp3) is 0.105. The number of anilines is 3. The minimum atomic E-state index is -0.359. The van der Waals surface area contributed by atoms with Crippen LogP contribution in [-0.4, -0.2) is 22.7 Å². The van der Waals surface area contributed by atoms with Crippen LogP contribution in [0.25, 0.3) is 0 Å². The van der Waals surface area contributed by atoms with Crippen LogP contribution in [0.1, 0.15) is 16.1 Å². The molecule has 0 aliphatic carbocycles. The van der Waals surface area contributed by atoms with Gasteiger partial charge in [0.15, 0.2) is 11.5 Å². The number of rotatable bonds is 4. The van der Waals surface area contributed by atoms with E-state index in [1.54, 1.807) is 24.3 Å². The first-order valence-electron chi connectivity index (χ1n) is 8.15. The third-order valence-electron chi connectivity index (χ3n) is 4.06. The highest BCUT2D eigenvalue weighted by Crippen LogP contribution is 2.34. The lowest BCUT2D eigenvalue weighted by Gasteiger charge is -2.11. The van der Waals surface area contributed by atoms with Gasteiger partial charge in [-0.15, -0.1) is 0 Å². The third-order valence-corrected chi connectivity index (χ3v) is 4.47. The van der Waals surface area contributed by atoms with E-state index in [2.05, 4.69) is 20.6 Å². The summed E-state index contributed by atoms with van der Waals surface area (Å²) in [4.78, 5) is 20.7. The number of carbonyl (C=O) groups excluding carboxylic acids is 1. The Labute approximate surface area is 160 Å². The summed E-state index contributed by atoms with van der Waals surface area (Å²) in [6, 6.07) is 12.3. The molecule has 2 N–H and O–H groups in total. The first kappa shape index (κ1) is 17.1. The monoisotopic (exact) mass is 382 g/mol. The minimum absolute atomic E-state index is 0.177. The largest absolute Gasteiger partial charge is 0.454 e. The molecule has 2 heterocycles. The van der Waals surface area contributed by atoms with Gasteiger partial charge in [0, 0.05) is 28.5 Å². The molecule has 8 heteroatoms. The highest BCUT2D eigenvalue weighted by atomic mass is 35.5. The highest BCUT2D eigenvalue weighted by Gasteiger charge is 2.15. The molecule has 2 aromatic carbocycles. The van der Waals surface area contributed by atoms with Crippen molar-refractivity contribution in [1.29, 1.82) is 0 Å². The van der Waals surface area contributed by atoms with E-state index in [1.165, 1.54) is 6.33 Å². The number of nitrogens with one attached hydrogen (secondary N) is 2. The molecule has 0 unspecified atom stereocenters. The Kier molecular flexibility index (Phi) is 4.52. The van der Waals surface area contributed by atoms with E-state index in [0.29, 0.717) is 28.0 Å². The Balaban J connectivity index is 1.51. The standard InChI is InChI=1S/C19H15ClN4O3/c1-11-13(20)3-2-4-14(11)24-18-8-15(21-9-22-18)19(25)23-12-5-6-16-17(7-12)27-10-26-16/h2-9H,10H2,1H3,(H,23,25)(H,21,22,24). The molecule has 0 bridgehead atoms. The number of halogens is 1. The van der Waals surface area contributed by atoms with Crippen LogP contribution in [0.3, 0.4) is 0 Å². The van der Waals surface area contributed by atoms with Crippen molar-refractivity contribution in [3.8, 4) is 11.5 Å². The van der Waals surface area contributed by atoms with Gasteiger partial charge < -0.3 is 20.1 Å². The second-order valence-electron chi connectivity index (χ2n) is 5.85. The number of carbonyl (C=O) groups is 1. The van der Waals surface area contributed by atoms with E-state index < -0.39 is 0 Å². The smallest absolute Gasteiger partial charge is 0.274 e. The molecule has 0 saturated heterocycles. The number of hydrogen-bond donors (Lipinski definition) is 2. The lowest BCUT2D eigenvalue weighted by atomic mass is 10.2. The molecule has 0 saturated carbocycles.